The van der Waals surface area contributed by atoms with Crippen molar-refractivity contribution >= 4 is 17.9 Å². The van der Waals surface area contributed by atoms with Crippen LogP contribution in [0.25, 0.3) is 0 Å². The van der Waals surface area contributed by atoms with E-state index in [1.165, 1.54) is 7.11 Å². The number of hydrogen-bond acceptors (Lipinski definition) is 5. The summed E-state index contributed by atoms with van der Waals surface area (Å²) in [6.07, 6.45) is 0.214. The zero-order valence-electron chi connectivity index (χ0n) is 12.9. The van der Waals surface area contributed by atoms with Gasteiger partial charge in [-0.2, -0.15) is 0 Å². The molecule has 0 radical (unpaired) electrons. The molecule has 0 bridgehead atoms. The van der Waals surface area contributed by atoms with Gasteiger partial charge in [0.25, 0.3) is 0 Å². The normalized spacial score (nSPS) is 11.1. The molecule has 0 rings (SSSR count). The lowest BCUT2D eigenvalue weighted by Crippen LogP contribution is -2.50. The monoisotopic (exact) mass is 287 g/mol. The van der Waals surface area contributed by atoms with Crippen LogP contribution in [0.4, 0.5) is 4.79 Å². The van der Waals surface area contributed by atoms with Crippen LogP contribution in [-0.2, 0) is 14.3 Å². The highest BCUT2D eigenvalue weighted by molar-refractivity contribution is 5.95. The van der Waals surface area contributed by atoms with E-state index in [0.717, 1.165) is 0 Å². The zero-order chi connectivity index (χ0) is 15.8. The van der Waals surface area contributed by atoms with Crippen molar-refractivity contribution in [1.29, 1.82) is 0 Å². The Labute approximate surface area is 120 Å². The summed E-state index contributed by atoms with van der Waals surface area (Å²) in [6.45, 7) is 8.43. The highest BCUT2D eigenvalue weighted by atomic mass is 16.5. The summed E-state index contributed by atoms with van der Waals surface area (Å²) in [6, 6.07) is -0.522. The quantitative estimate of drug-likeness (QED) is 0.694. The van der Waals surface area contributed by atoms with Gasteiger partial charge in [-0.1, -0.05) is 6.92 Å². The molecule has 0 aliphatic carbocycles. The molecule has 0 unspecified atom stereocenters. The van der Waals surface area contributed by atoms with Gasteiger partial charge in [0.1, 0.15) is 0 Å². The third kappa shape index (κ3) is 9.32. The molecule has 7 heteroatoms. The number of esters is 1. The molecule has 0 spiro atoms. The van der Waals surface area contributed by atoms with Gasteiger partial charge < -0.3 is 10.1 Å². The van der Waals surface area contributed by atoms with Gasteiger partial charge in [0.05, 0.1) is 20.1 Å². The molecule has 7 nitrogen and oxygen atoms in total. The Morgan fingerprint density at radius 2 is 1.80 bits per heavy atom. The molecule has 0 aliphatic heterocycles. The largest absolute Gasteiger partial charge is 0.469 e. The minimum atomic E-state index is -0.522. The molecule has 0 heterocycles. The SMILES string of the molecule is CCN(CCC(=O)OC)CC(=O)NC(=O)NC(C)(C)C. The van der Waals surface area contributed by atoms with Crippen molar-refractivity contribution in [3.8, 4) is 0 Å². The minimum Gasteiger partial charge on any atom is -0.469 e. The number of methoxy groups -OCH3 is 1. The lowest BCUT2D eigenvalue weighted by atomic mass is 10.1. The number of urea groups is 1. The number of likely N-dealkylation sites (N-methyl/N-ethyl adjacent to an activating group) is 1. The van der Waals surface area contributed by atoms with Crippen LogP contribution in [0.2, 0.25) is 0 Å². The smallest absolute Gasteiger partial charge is 0.321 e. The minimum absolute atomic E-state index is 0.0606. The third-order valence-electron chi connectivity index (χ3n) is 2.42. The lowest BCUT2D eigenvalue weighted by molar-refractivity contribution is -0.141. The van der Waals surface area contributed by atoms with Crippen molar-refractivity contribution in [3.05, 3.63) is 0 Å². The fourth-order valence-electron chi connectivity index (χ4n) is 1.44. The van der Waals surface area contributed by atoms with Gasteiger partial charge in [-0.3, -0.25) is 19.8 Å². The molecule has 0 saturated heterocycles. The van der Waals surface area contributed by atoms with E-state index in [-0.39, 0.29) is 18.9 Å². The van der Waals surface area contributed by atoms with Crippen LogP contribution in [0, 0.1) is 0 Å². The Balaban J connectivity index is 4.15. The number of carbonyl (C=O) groups excluding carboxylic acids is 3. The number of nitrogens with one attached hydrogen (secondary N) is 2. The number of rotatable bonds is 6. The fourth-order valence-corrected chi connectivity index (χ4v) is 1.44. The predicted molar refractivity (Wildman–Crippen MR) is 75.2 cm³/mol. The first-order chi connectivity index (χ1) is 9.17. The van der Waals surface area contributed by atoms with Crippen LogP contribution < -0.4 is 10.6 Å². The van der Waals surface area contributed by atoms with Crippen molar-refractivity contribution < 1.29 is 19.1 Å². The summed E-state index contributed by atoms with van der Waals surface area (Å²) in [4.78, 5) is 36.0. The van der Waals surface area contributed by atoms with Gasteiger partial charge in [0.2, 0.25) is 5.91 Å². The highest BCUT2D eigenvalue weighted by Crippen LogP contribution is 1.97. The Hall–Kier alpha value is -1.63. The summed E-state index contributed by atoms with van der Waals surface area (Å²) in [5.74, 6) is -0.729. The van der Waals surface area contributed by atoms with E-state index < -0.39 is 17.5 Å². The summed E-state index contributed by atoms with van der Waals surface area (Å²) in [5.41, 5.74) is -0.403. The van der Waals surface area contributed by atoms with Crippen LogP contribution in [0.3, 0.4) is 0 Å². The molecule has 0 aliphatic rings. The average molecular weight is 287 g/mol. The summed E-state index contributed by atoms with van der Waals surface area (Å²) in [5, 5.41) is 4.89. The average Bonchev–Trinajstić information content (AvgIpc) is 2.31. The predicted octanol–water partition coefficient (Wildman–Crippen LogP) is 0.496. The Kier molecular flexibility index (Phi) is 7.83. The van der Waals surface area contributed by atoms with Crippen LogP contribution in [0.15, 0.2) is 0 Å². The van der Waals surface area contributed by atoms with Gasteiger partial charge >= 0.3 is 12.0 Å². The van der Waals surface area contributed by atoms with E-state index >= 15 is 0 Å². The van der Waals surface area contributed by atoms with Crippen molar-refractivity contribution in [2.45, 2.75) is 39.7 Å². The Morgan fingerprint density at radius 1 is 1.20 bits per heavy atom. The van der Waals surface area contributed by atoms with Gasteiger partial charge in [-0.15, -0.1) is 0 Å². The van der Waals surface area contributed by atoms with E-state index in [1.807, 2.05) is 27.7 Å². The first-order valence-corrected chi connectivity index (χ1v) is 6.59. The third-order valence-corrected chi connectivity index (χ3v) is 2.42. The maximum atomic E-state index is 11.7. The van der Waals surface area contributed by atoms with Gasteiger partial charge in [0, 0.05) is 12.1 Å². The van der Waals surface area contributed by atoms with Crippen LogP contribution in [0.5, 0.6) is 0 Å². The van der Waals surface area contributed by atoms with Crippen molar-refractivity contribution in [2.75, 3.05) is 26.7 Å². The number of hydrogen-bond donors (Lipinski definition) is 2. The molecule has 0 fully saturated rings. The molecule has 3 amide bonds. The molecule has 2 N–H and O–H groups in total. The maximum absolute atomic E-state index is 11.7. The standard InChI is InChI=1S/C13H25N3O4/c1-6-16(8-7-11(18)20-5)9-10(17)14-12(19)15-13(2,3)4/h6-9H2,1-5H3,(H2,14,15,17,19). The van der Waals surface area contributed by atoms with E-state index in [0.29, 0.717) is 13.1 Å². The highest BCUT2D eigenvalue weighted by Gasteiger charge is 2.17. The molecular formula is C13H25N3O4. The van der Waals surface area contributed by atoms with Gasteiger partial charge in [-0.25, -0.2) is 4.79 Å². The molecule has 116 valence electrons. The number of carbonyl (C=O) groups is 3. The van der Waals surface area contributed by atoms with E-state index in [4.69, 9.17) is 0 Å². The summed E-state index contributed by atoms with van der Waals surface area (Å²) < 4.78 is 4.54. The molecule has 0 aromatic rings. The van der Waals surface area contributed by atoms with Gasteiger partial charge in [0.15, 0.2) is 0 Å². The topological polar surface area (TPSA) is 87.7 Å². The molecule has 0 atom stereocenters. The van der Waals surface area contributed by atoms with Crippen LogP contribution >= 0.6 is 0 Å². The van der Waals surface area contributed by atoms with E-state index in [9.17, 15) is 14.4 Å². The number of nitrogens with zero attached hydrogens (tertiary/aromatic N) is 1. The van der Waals surface area contributed by atoms with E-state index in [1.54, 1.807) is 4.90 Å². The summed E-state index contributed by atoms with van der Waals surface area (Å²) >= 11 is 0. The molecular weight excluding hydrogens is 262 g/mol. The number of imide groups is 1. The number of ether oxygens (including phenoxy) is 1. The molecule has 0 saturated carbocycles. The van der Waals surface area contributed by atoms with Crippen molar-refractivity contribution in [2.24, 2.45) is 0 Å². The van der Waals surface area contributed by atoms with Crippen LogP contribution in [0.1, 0.15) is 34.1 Å². The second-order valence-electron chi connectivity index (χ2n) is 5.45. The van der Waals surface area contributed by atoms with Crippen molar-refractivity contribution in [3.63, 3.8) is 0 Å². The lowest BCUT2D eigenvalue weighted by Gasteiger charge is -2.22. The second-order valence-corrected chi connectivity index (χ2v) is 5.45. The van der Waals surface area contributed by atoms with Crippen molar-refractivity contribution in [1.82, 2.24) is 15.5 Å². The van der Waals surface area contributed by atoms with Gasteiger partial charge in [-0.05, 0) is 27.3 Å². The molecule has 20 heavy (non-hydrogen) atoms. The Bertz CT molecular complexity index is 350. The van der Waals surface area contributed by atoms with E-state index in [2.05, 4.69) is 15.4 Å². The first-order valence-electron chi connectivity index (χ1n) is 6.59. The Morgan fingerprint density at radius 3 is 2.25 bits per heavy atom. The zero-order valence-corrected chi connectivity index (χ0v) is 12.9. The summed E-state index contributed by atoms with van der Waals surface area (Å²) in [7, 11) is 1.32. The molecule has 0 aromatic carbocycles. The number of amides is 3. The second kappa shape index (κ2) is 8.52. The maximum Gasteiger partial charge on any atom is 0.321 e. The van der Waals surface area contributed by atoms with Crippen LogP contribution in [-0.4, -0.2) is 55.1 Å². The molecule has 0 aromatic heterocycles. The first kappa shape index (κ1) is 18.4. The fraction of sp³-hybridized carbons (Fsp3) is 0.769.